The van der Waals surface area contributed by atoms with Gasteiger partial charge >= 0.3 is 5.97 Å². The van der Waals surface area contributed by atoms with Gasteiger partial charge in [-0.05, 0) is 18.1 Å². The van der Waals surface area contributed by atoms with Crippen LogP contribution in [0, 0.1) is 0 Å². The van der Waals surface area contributed by atoms with Crippen molar-refractivity contribution in [3.05, 3.63) is 71.8 Å². The van der Waals surface area contributed by atoms with Crippen molar-refractivity contribution in [2.75, 3.05) is 6.61 Å². The number of carbonyl (C=O) groups is 1. The van der Waals surface area contributed by atoms with Crippen LogP contribution in [0.4, 0.5) is 0 Å². The fraction of sp³-hybridized carbons (Fsp3) is 0.350. The van der Waals surface area contributed by atoms with Crippen LogP contribution in [-0.2, 0) is 32.2 Å². The highest BCUT2D eigenvalue weighted by atomic mass is 16.6. The summed E-state index contributed by atoms with van der Waals surface area (Å²) in [5, 5.41) is 9.44. The zero-order valence-corrected chi connectivity index (χ0v) is 14.1. The molecule has 25 heavy (non-hydrogen) atoms. The van der Waals surface area contributed by atoms with Gasteiger partial charge in [0.25, 0.3) is 0 Å². The van der Waals surface area contributed by atoms with Gasteiger partial charge in [0.1, 0.15) is 12.2 Å². The van der Waals surface area contributed by atoms with Crippen molar-refractivity contribution in [3.63, 3.8) is 0 Å². The van der Waals surface area contributed by atoms with E-state index in [0.717, 1.165) is 11.1 Å². The van der Waals surface area contributed by atoms with Gasteiger partial charge in [0, 0.05) is 0 Å². The standard InChI is InChI=1S/C20H22O5/c1-20(19(21)22)18(24-13-16-10-6-3-7-11-16)17(25-20)14-23-12-15-8-4-2-5-9-15/h2-11,17-18H,12-14H2,1H3,(H,21,22)/t17-,18+,20+/m1/s1. The Morgan fingerprint density at radius 1 is 1.04 bits per heavy atom. The van der Waals surface area contributed by atoms with Gasteiger partial charge in [0.05, 0.1) is 19.8 Å². The summed E-state index contributed by atoms with van der Waals surface area (Å²) in [6.07, 6.45) is -0.950. The minimum atomic E-state index is -1.34. The second-order valence-corrected chi connectivity index (χ2v) is 6.29. The largest absolute Gasteiger partial charge is 0.479 e. The summed E-state index contributed by atoms with van der Waals surface area (Å²) < 4.78 is 17.1. The molecule has 2 aromatic rings. The van der Waals surface area contributed by atoms with E-state index < -0.39 is 23.8 Å². The highest BCUT2D eigenvalue weighted by molar-refractivity contribution is 5.79. The summed E-state index contributed by atoms with van der Waals surface area (Å²) in [6, 6.07) is 19.5. The minimum absolute atomic E-state index is 0.289. The smallest absolute Gasteiger partial charge is 0.338 e. The first-order valence-corrected chi connectivity index (χ1v) is 8.28. The predicted octanol–water partition coefficient (Wildman–Crippen LogP) is 3.03. The quantitative estimate of drug-likeness (QED) is 0.799. The average Bonchev–Trinajstić information content (AvgIpc) is 2.62. The summed E-state index contributed by atoms with van der Waals surface area (Å²) in [4.78, 5) is 11.5. The third-order valence-electron chi connectivity index (χ3n) is 4.37. The molecule has 0 radical (unpaired) electrons. The minimum Gasteiger partial charge on any atom is -0.479 e. The maximum absolute atomic E-state index is 11.5. The van der Waals surface area contributed by atoms with E-state index in [0.29, 0.717) is 13.2 Å². The zero-order valence-electron chi connectivity index (χ0n) is 14.1. The van der Waals surface area contributed by atoms with Crippen molar-refractivity contribution in [3.8, 4) is 0 Å². The summed E-state index contributed by atoms with van der Waals surface area (Å²) in [5.74, 6) is -1.02. The third kappa shape index (κ3) is 4.07. The SMILES string of the molecule is C[C@]1(C(=O)O)O[C@H](COCc2ccccc2)[C@@H]1OCc1ccccc1. The molecule has 0 amide bonds. The number of hydrogen-bond donors (Lipinski definition) is 1. The first-order chi connectivity index (χ1) is 12.1. The molecule has 1 heterocycles. The molecule has 3 atom stereocenters. The molecule has 1 fully saturated rings. The Morgan fingerprint density at radius 2 is 1.60 bits per heavy atom. The predicted molar refractivity (Wildman–Crippen MR) is 92.0 cm³/mol. The Balaban J connectivity index is 1.56. The number of rotatable bonds is 8. The molecular weight excluding hydrogens is 320 g/mol. The van der Waals surface area contributed by atoms with E-state index in [1.807, 2.05) is 60.7 Å². The first kappa shape index (κ1) is 17.6. The highest BCUT2D eigenvalue weighted by Crippen LogP contribution is 2.36. The van der Waals surface area contributed by atoms with Crippen LogP contribution in [0.5, 0.6) is 0 Å². The summed E-state index contributed by atoms with van der Waals surface area (Å²) >= 11 is 0. The lowest BCUT2D eigenvalue weighted by Gasteiger charge is -2.49. The maximum Gasteiger partial charge on any atom is 0.338 e. The lowest BCUT2D eigenvalue weighted by Crippen LogP contribution is -2.69. The second kappa shape index (κ2) is 7.78. The van der Waals surface area contributed by atoms with Crippen molar-refractivity contribution in [2.24, 2.45) is 0 Å². The van der Waals surface area contributed by atoms with E-state index in [1.54, 1.807) is 6.92 Å². The molecule has 1 aliphatic rings. The van der Waals surface area contributed by atoms with E-state index >= 15 is 0 Å². The van der Waals surface area contributed by atoms with Crippen molar-refractivity contribution in [1.82, 2.24) is 0 Å². The summed E-state index contributed by atoms with van der Waals surface area (Å²) in [5.41, 5.74) is 0.714. The van der Waals surface area contributed by atoms with Gasteiger partial charge in [0.15, 0.2) is 5.60 Å². The van der Waals surface area contributed by atoms with Crippen LogP contribution in [0.3, 0.4) is 0 Å². The van der Waals surface area contributed by atoms with E-state index in [-0.39, 0.29) is 6.61 Å². The Kier molecular flexibility index (Phi) is 5.48. The number of carboxylic acids is 1. The molecule has 132 valence electrons. The number of ether oxygens (including phenoxy) is 3. The summed E-state index contributed by atoms with van der Waals surface area (Å²) in [7, 11) is 0. The van der Waals surface area contributed by atoms with Crippen molar-refractivity contribution in [2.45, 2.75) is 37.9 Å². The number of hydrogen-bond acceptors (Lipinski definition) is 4. The fourth-order valence-electron chi connectivity index (χ4n) is 2.91. The molecule has 0 unspecified atom stereocenters. The Hall–Kier alpha value is -2.21. The van der Waals surface area contributed by atoms with Crippen LogP contribution < -0.4 is 0 Å². The van der Waals surface area contributed by atoms with Crippen LogP contribution in [0.1, 0.15) is 18.1 Å². The zero-order chi connectivity index (χ0) is 17.7. The van der Waals surface area contributed by atoms with Crippen LogP contribution in [0.2, 0.25) is 0 Å². The van der Waals surface area contributed by atoms with Crippen LogP contribution in [-0.4, -0.2) is 35.5 Å². The summed E-state index contributed by atoms with van der Waals surface area (Å²) in [6.45, 7) is 2.62. The molecular formula is C20H22O5. The Bertz CT molecular complexity index is 688. The molecule has 1 saturated heterocycles. The molecule has 1 aliphatic heterocycles. The van der Waals surface area contributed by atoms with Gasteiger partial charge in [-0.2, -0.15) is 0 Å². The van der Waals surface area contributed by atoms with E-state index in [9.17, 15) is 9.90 Å². The molecule has 0 spiro atoms. The molecule has 1 N–H and O–H groups in total. The molecule has 0 aliphatic carbocycles. The van der Waals surface area contributed by atoms with Crippen LogP contribution in [0.15, 0.2) is 60.7 Å². The van der Waals surface area contributed by atoms with Gasteiger partial charge in [-0.25, -0.2) is 4.79 Å². The molecule has 0 saturated carbocycles. The Labute approximate surface area is 147 Å². The highest BCUT2D eigenvalue weighted by Gasteiger charge is 2.58. The normalized spacial score (nSPS) is 25.3. The van der Waals surface area contributed by atoms with Crippen LogP contribution >= 0.6 is 0 Å². The number of carboxylic acid groups (broad SMARTS) is 1. The van der Waals surface area contributed by atoms with E-state index in [1.165, 1.54) is 0 Å². The number of aliphatic carboxylic acids is 1. The third-order valence-corrected chi connectivity index (χ3v) is 4.37. The van der Waals surface area contributed by atoms with Gasteiger partial charge < -0.3 is 19.3 Å². The van der Waals surface area contributed by atoms with Crippen molar-refractivity contribution >= 4 is 5.97 Å². The average molecular weight is 342 g/mol. The van der Waals surface area contributed by atoms with Crippen molar-refractivity contribution < 1.29 is 24.1 Å². The van der Waals surface area contributed by atoms with E-state index in [2.05, 4.69) is 0 Å². The van der Waals surface area contributed by atoms with Gasteiger partial charge in [-0.3, -0.25) is 0 Å². The topological polar surface area (TPSA) is 65.0 Å². The monoisotopic (exact) mass is 342 g/mol. The molecule has 5 heteroatoms. The molecule has 5 nitrogen and oxygen atoms in total. The first-order valence-electron chi connectivity index (χ1n) is 8.28. The van der Waals surface area contributed by atoms with Crippen molar-refractivity contribution in [1.29, 1.82) is 0 Å². The molecule has 2 aromatic carbocycles. The number of benzene rings is 2. The van der Waals surface area contributed by atoms with E-state index in [4.69, 9.17) is 14.2 Å². The molecule has 3 rings (SSSR count). The van der Waals surface area contributed by atoms with Gasteiger partial charge in [-0.15, -0.1) is 0 Å². The van der Waals surface area contributed by atoms with Gasteiger partial charge in [0.2, 0.25) is 0 Å². The maximum atomic E-state index is 11.5. The lowest BCUT2D eigenvalue weighted by molar-refractivity contribution is -0.303. The molecule has 0 bridgehead atoms. The fourth-order valence-corrected chi connectivity index (χ4v) is 2.91. The Morgan fingerprint density at radius 3 is 2.16 bits per heavy atom. The second-order valence-electron chi connectivity index (χ2n) is 6.29. The van der Waals surface area contributed by atoms with Crippen LogP contribution in [0.25, 0.3) is 0 Å². The van der Waals surface area contributed by atoms with Gasteiger partial charge in [-0.1, -0.05) is 60.7 Å². The molecule has 0 aromatic heterocycles. The lowest BCUT2D eigenvalue weighted by atomic mass is 9.87.